The monoisotopic (exact) mass is 428 g/mol. The van der Waals surface area contributed by atoms with Gasteiger partial charge in [-0.2, -0.15) is 0 Å². The highest BCUT2D eigenvalue weighted by Crippen LogP contribution is 2.60. The quantitative estimate of drug-likeness (QED) is 0.447. The minimum atomic E-state index is -1.18. The lowest BCUT2D eigenvalue weighted by molar-refractivity contribution is -0.129. The minimum absolute atomic E-state index is 0.0858. The van der Waals surface area contributed by atoms with Gasteiger partial charge < -0.3 is 21.3 Å². The molecule has 0 aromatic heterocycles. The third-order valence-electron chi connectivity index (χ3n) is 6.13. The van der Waals surface area contributed by atoms with Crippen molar-refractivity contribution >= 4 is 29.2 Å². The fraction of sp³-hybridized carbons (Fsp3) is 0.565. The van der Waals surface area contributed by atoms with E-state index in [1.165, 1.54) is 0 Å². The summed E-state index contributed by atoms with van der Waals surface area (Å²) in [4.78, 5) is 52.8. The van der Waals surface area contributed by atoms with Gasteiger partial charge in [0.25, 0.3) is 0 Å². The highest BCUT2D eigenvalue weighted by Gasteiger charge is 2.72. The van der Waals surface area contributed by atoms with Gasteiger partial charge in [0.05, 0.1) is 17.3 Å². The van der Waals surface area contributed by atoms with Gasteiger partial charge in [-0.15, -0.1) is 0 Å². The van der Waals surface area contributed by atoms with E-state index in [-0.39, 0.29) is 30.0 Å². The zero-order valence-corrected chi connectivity index (χ0v) is 18.7. The van der Waals surface area contributed by atoms with Gasteiger partial charge in [-0.1, -0.05) is 19.1 Å². The van der Waals surface area contributed by atoms with Gasteiger partial charge >= 0.3 is 0 Å². The van der Waals surface area contributed by atoms with Crippen LogP contribution < -0.4 is 16.4 Å². The summed E-state index contributed by atoms with van der Waals surface area (Å²) >= 11 is 0. The Bertz CT molecular complexity index is 907. The molecular weight excluding hydrogens is 396 g/mol. The van der Waals surface area contributed by atoms with Gasteiger partial charge in [0.1, 0.15) is 0 Å². The smallest absolute Gasteiger partial charge is 0.225 e. The number of hydrogen-bond donors (Lipinski definition) is 3. The van der Waals surface area contributed by atoms with E-state index < -0.39 is 22.8 Å². The van der Waals surface area contributed by atoms with Crippen molar-refractivity contribution in [2.24, 2.45) is 17.3 Å². The Labute approximate surface area is 182 Å². The van der Waals surface area contributed by atoms with Gasteiger partial charge in [-0.3, -0.25) is 19.2 Å². The van der Waals surface area contributed by atoms with Crippen molar-refractivity contribution in [1.29, 1.82) is 0 Å². The number of nitrogen functional groups attached to an aromatic ring is 1. The van der Waals surface area contributed by atoms with Crippen molar-refractivity contribution in [1.82, 2.24) is 15.5 Å². The van der Waals surface area contributed by atoms with E-state index in [4.69, 9.17) is 5.73 Å². The second-order valence-electron chi connectivity index (χ2n) is 9.67. The van der Waals surface area contributed by atoms with E-state index in [1.807, 2.05) is 20.8 Å². The predicted octanol–water partition coefficient (Wildman–Crippen LogP) is 1.36. The van der Waals surface area contributed by atoms with Crippen molar-refractivity contribution in [3.63, 3.8) is 0 Å². The van der Waals surface area contributed by atoms with Crippen LogP contribution in [0.3, 0.4) is 0 Å². The Morgan fingerprint density at radius 2 is 1.81 bits per heavy atom. The number of carbonyl (C=O) groups is 4. The van der Waals surface area contributed by atoms with Crippen molar-refractivity contribution in [2.45, 2.75) is 46.1 Å². The number of nitrogens with two attached hydrogens (primary N) is 1. The molecule has 3 atom stereocenters. The first-order chi connectivity index (χ1) is 14.5. The molecule has 2 aliphatic rings. The van der Waals surface area contributed by atoms with Crippen LogP contribution in [-0.4, -0.2) is 53.6 Å². The van der Waals surface area contributed by atoms with E-state index in [2.05, 4.69) is 10.6 Å². The van der Waals surface area contributed by atoms with E-state index in [0.29, 0.717) is 30.8 Å². The highest BCUT2D eigenvalue weighted by atomic mass is 16.2. The summed E-state index contributed by atoms with van der Waals surface area (Å²) in [5.74, 6) is -2.49. The van der Waals surface area contributed by atoms with E-state index in [0.717, 1.165) is 6.42 Å². The maximum Gasteiger partial charge on any atom is 0.225 e. The first-order valence-electron chi connectivity index (χ1n) is 10.7. The van der Waals surface area contributed by atoms with Crippen LogP contribution in [-0.2, 0) is 14.4 Å². The molecule has 1 aliphatic carbocycles. The number of anilines is 1. The Morgan fingerprint density at radius 1 is 1.16 bits per heavy atom. The number of likely N-dealkylation sites (tertiary alicyclic amines) is 1. The lowest BCUT2D eigenvalue weighted by Gasteiger charge is -2.21. The number of para-hydroxylation sites is 1. The molecule has 4 N–H and O–H groups in total. The lowest BCUT2D eigenvalue weighted by atomic mass is 9.91. The molecule has 1 heterocycles. The van der Waals surface area contributed by atoms with Crippen LogP contribution in [0.15, 0.2) is 24.3 Å². The molecule has 1 saturated heterocycles. The average molecular weight is 429 g/mol. The largest absolute Gasteiger partial charge is 0.398 e. The summed E-state index contributed by atoms with van der Waals surface area (Å²) in [6.45, 7) is 8.61. The molecule has 1 saturated carbocycles. The molecule has 1 aromatic carbocycles. The van der Waals surface area contributed by atoms with Crippen molar-refractivity contribution in [3.05, 3.63) is 29.8 Å². The molecule has 3 rings (SSSR count). The zero-order valence-electron chi connectivity index (χ0n) is 18.7. The summed E-state index contributed by atoms with van der Waals surface area (Å²) in [6.07, 6.45) is 1.37. The normalized spacial score (nSPS) is 25.3. The fourth-order valence-corrected chi connectivity index (χ4v) is 4.45. The second-order valence-corrected chi connectivity index (χ2v) is 9.67. The van der Waals surface area contributed by atoms with Crippen LogP contribution in [0, 0.1) is 17.3 Å². The Hall–Kier alpha value is -2.90. The Balaban J connectivity index is 1.77. The molecule has 0 spiro atoms. The van der Waals surface area contributed by atoms with Crippen LogP contribution in [0.2, 0.25) is 0 Å². The number of hydrogen-bond acceptors (Lipinski definition) is 5. The third-order valence-corrected chi connectivity index (χ3v) is 6.13. The van der Waals surface area contributed by atoms with E-state index in [1.54, 1.807) is 36.1 Å². The number of nitrogens with one attached hydrogen (secondary N) is 2. The van der Waals surface area contributed by atoms with Crippen LogP contribution in [0.1, 0.15) is 50.9 Å². The van der Waals surface area contributed by atoms with E-state index in [9.17, 15) is 19.2 Å². The van der Waals surface area contributed by atoms with Crippen molar-refractivity contribution in [2.75, 3.05) is 25.4 Å². The molecule has 2 fully saturated rings. The number of benzene rings is 1. The van der Waals surface area contributed by atoms with Crippen LogP contribution in [0.5, 0.6) is 0 Å². The molecule has 0 unspecified atom stereocenters. The van der Waals surface area contributed by atoms with Crippen LogP contribution >= 0.6 is 0 Å². The first-order valence-corrected chi connectivity index (χ1v) is 10.7. The molecule has 3 amide bonds. The minimum Gasteiger partial charge on any atom is -0.398 e. The number of nitrogens with zero attached hydrogens (tertiary/aromatic N) is 1. The summed E-state index contributed by atoms with van der Waals surface area (Å²) in [6, 6.07) is 6.69. The topological polar surface area (TPSA) is 122 Å². The standard InChI is InChI=1S/C23H32N4O4/c1-22(2,3)26-21(31)18-17(20(30)25-11-13-27-12-7-10-16(27)28)23(18,4)19(29)14-8-5-6-9-15(14)24/h5-6,8-9,17-18H,7,10-13,24H2,1-4H3,(H,25,30)(H,26,31)/t17-,18+,23+/m0/s1. The summed E-state index contributed by atoms with van der Waals surface area (Å²) in [7, 11) is 0. The van der Waals surface area contributed by atoms with Crippen LogP contribution in [0.25, 0.3) is 0 Å². The first kappa shape index (κ1) is 22.8. The second kappa shape index (κ2) is 8.32. The molecule has 8 heteroatoms. The molecule has 168 valence electrons. The maximum absolute atomic E-state index is 13.4. The van der Waals surface area contributed by atoms with Gasteiger partial charge in [-0.05, 0) is 39.3 Å². The fourth-order valence-electron chi connectivity index (χ4n) is 4.45. The van der Waals surface area contributed by atoms with E-state index >= 15 is 0 Å². The van der Waals surface area contributed by atoms with Crippen molar-refractivity contribution in [3.8, 4) is 0 Å². The van der Waals surface area contributed by atoms with Gasteiger partial charge in [0, 0.05) is 42.8 Å². The number of ketones is 1. The van der Waals surface area contributed by atoms with Crippen molar-refractivity contribution < 1.29 is 19.2 Å². The summed E-state index contributed by atoms with van der Waals surface area (Å²) in [5.41, 5.74) is 4.96. The van der Waals surface area contributed by atoms with Gasteiger partial charge in [-0.25, -0.2) is 0 Å². The molecule has 31 heavy (non-hydrogen) atoms. The SMILES string of the molecule is CC(C)(C)NC(=O)[C@H]1[C@@H](C(=O)NCCN2CCCC2=O)[C@@]1(C)C(=O)c1ccccc1N. The zero-order chi connectivity index (χ0) is 23.0. The molecule has 8 nitrogen and oxygen atoms in total. The number of carbonyl (C=O) groups excluding carboxylic acids is 4. The Kier molecular flexibility index (Phi) is 6.11. The number of Topliss-reactive ketones (excluding diaryl/α,β-unsaturated/α-hetero) is 1. The molecule has 1 aliphatic heterocycles. The van der Waals surface area contributed by atoms with Gasteiger partial charge in [0.15, 0.2) is 5.78 Å². The molecule has 0 radical (unpaired) electrons. The Morgan fingerprint density at radius 3 is 2.39 bits per heavy atom. The number of amides is 3. The molecule has 0 bridgehead atoms. The molecular formula is C23H32N4O4. The number of rotatable bonds is 7. The summed E-state index contributed by atoms with van der Waals surface area (Å²) < 4.78 is 0. The average Bonchev–Trinajstić information content (AvgIpc) is 3.13. The van der Waals surface area contributed by atoms with Gasteiger partial charge in [0.2, 0.25) is 17.7 Å². The van der Waals surface area contributed by atoms with Crippen LogP contribution in [0.4, 0.5) is 5.69 Å². The molecule has 1 aromatic rings. The summed E-state index contributed by atoms with van der Waals surface area (Å²) in [5, 5.41) is 5.71. The third kappa shape index (κ3) is 4.57. The maximum atomic E-state index is 13.4. The lowest BCUT2D eigenvalue weighted by Crippen LogP contribution is -2.43. The predicted molar refractivity (Wildman–Crippen MR) is 117 cm³/mol. The highest BCUT2D eigenvalue weighted by molar-refractivity contribution is 6.14.